The van der Waals surface area contributed by atoms with E-state index < -0.39 is 12.9 Å². The van der Waals surface area contributed by atoms with E-state index in [1.807, 2.05) is 39.8 Å². The van der Waals surface area contributed by atoms with E-state index in [1.165, 1.54) is 0 Å². The van der Waals surface area contributed by atoms with Crippen LogP contribution >= 0.6 is 0 Å². The monoisotopic (exact) mass is 313 g/mol. The van der Waals surface area contributed by atoms with Crippen molar-refractivity contribution in [1.29, 1.82) is 0 Å². The van der Waals surface area contributed by atoms with E-state index in [1.54, 1.807) is 6.26 Å². The van der Waals surface area contributed by atoms with Crippen molar-refractivity contribution < 1.29 is 28.2 Å². The molecule has 0 aliphatic heterocycles. The largest absolute Gasteiger partial charge is 0.511 e. The van der Waals surface area contributed by atoms with Crippen molar-refractivity contribution in [2.24, 2.45) is 0 Å². The zero-order valence-electron chi connectivity index (χ0n) is 13.4. The minimum Gasteiger partial charge on any atom is -0.463 e. The zero-order valence-corrected chi connectivity index (χ0v) is 13.4. The Hall–Kier alpha value is -2.44. The molecule has 0 aliphatic carbocycles. The maximum absolute atomic E-state index is 10.4. The summed E-state index contributed by atoms with van der Waals surface area (Å²) in [6, 6.07) is 3.90. The van der Waals surface area contributed by atoms with Gasteiger partial charge in [0.15, 0.2) is 5.58 Å². The number of aromatic amines is 1. The predicted octanol–water partition coefficient (Wildman–Crippen LogP) is 3.78. The fourth-order valence-corrected chi connectivity index (χ4v) is 1.32. The van der Waals surface area contributed by atoms with Crippen molar-refractivity contribution in [3.8, 4) is 0 Å². The smallest absolute Gasteiger partial charge is 0.463 e. The molecular formula is C15H23NO6. The number of rotatable bonds is 5. The lowest BCUT2D eigenvalue weighted by atomic mass is 10.5. The summed E-state index contributed by atoms with van der Waals surface area (Å²) in [5.41, 5.74) is 3.16. The topological polar surface area (TPSA) is 90.8 Å². The number of hydrogen-bond donors (Lipinski definition) is 1. The Morgan fingerprint density at radius 1 is 1.36 bits per heavy atom. The second kappa shape index (κ2) is 12.3. The summed E-state index contributed by atoms with van der Waals surface area (Å²) < 4.78 is 17.9. The molecular weight excluding hydrogens is 290 g/mol. The molecule has 2 aromatic heterocycles. The Morgan fingerprint density at radius 3 is 2.68 bits per heavy atom. The maximum Gasteiger partial charge on any atom is 0.511 e. The molecule has 124 valence electrons. The van der Waals surface area contributed by atoms with Gasteiger partial charge in [-0.1, -0.05) is 20.8 Å². The molecule has 7 nitrogen and oxygen atoms in total. The summed E-state index contributed by atoms with van der Waals surface area (Å²) in [6.07, 6.45) is 1.58. The first kappa shape index (κ1) is 19.6. The van der Waals surface area contributed by atoms with Gasteiger partial charge in [0, 0.05) is 17.8 Å². The molecule has 7 heteroatoms. The van der Waals surface area contributed by atoms with Gasteiger partial charge in [-0.3, -0.25) is 4.79 Å². The highest BCUT2D eigenvalue weighted by molar-refractivity contribution is 5.73. The van der Waals surface area contributed by atoms with E-state index in [-0.39, 0.29) is 6.47 Å². The minimum atomic E-state index is -0.825. The molecule has 0 fully saturated rings. The van der Waals surface area contributed by atoms with Crippen molar-refractivity contribution in [3.63, 3.8) is 0 Å². The number of nitrogens with one attached hydrogen (secondary N) is 1. The fraction of sp³-hybridized carbons (Fsp3) is 0.467. The molecule has 22 heavy (non-hydrogen) atoms. The van der Waals surface area contributed by atoms with Crippen LogP contribution in [0.5, 0.6) is 0 Å². The van der Waals surface area contributed by atoms with Crippen LogP contribution in [0.15, 0.2) is 22.8 Å². The molecule has 0 atom stereocenters. The van der Waals surface area contributed by atoms with Crippen molar-refractivity contribution in [2.45, 2.75) is 34.1 Å². The number of carbonyl (C=O) groups excluding carboxylic acids is 2. The molecule has 0 aromatic carbocycles. The van der Waals surface area contributed by atoms with E-state index in [2.05, 4.69) is 19.2 Å². The lowest BCUT2D eigenvalue weighted by Gasteiger charge is -2.02. The number of H-pyrrole nitrogens is 1. The van der Waals surface area contributed by atoms with Crippen LogP contribution in [-0.2, 0) is 19.0 Å². The van der Waals surface area contributed by atoms with Crippen LogP contribution in [0.4, 0.5) is 4.79 Å². The second-order valence-electron chi connectivity index (χ2n) is 3.77. The molecule has 0 radical (unpaired) electrons. The zero-order chi connectivity index (χ0) is 16.8. The SMILES string of the molecule is CC.CCCOC(=O)OCOC=O.Cc1cc2occc2[nH]1. The number of ether oxygens (including phenoxy) is 3. The summed E-state index contributed by atoms with van der Waals surface area (Å²) in [4.78, 5) is 23.1. The molecule has 0 bridgehead atoms. The highest BCUT2D eigenvalue weighted by atomic mass is 16.8. The first-order valence-electron chi connectivity index (χ1n) is 7.05. The van der Waals surface area contributed by atoms with Crippen LogP contribution in [0.3, 0.4) is 0 Å². The van der Waals surface area contributed by atoms with Crippen molar-refractivity contribution in [2.75, 3.05) is 13.4 Å². The van der Waals surface area contributed by atoms with Gasteiger partial charge in [-0.2, -0.15) is 0 Å². The molecule has 0 amide bonds. The summed E-state index contributed by atoms with van der Waals surface area (Å²) in [6.45, 7) is 7.96. The highest BCUT2D eigenvalue weighted by Gasteiger charge is 2.00. The lowest BCUT2D eigenvalue weighted by molar-refractivity contribution is -0.137. The predicted molar refractivity (Wildman–Crippen MR) is 81.4 cm³/mol. The van der Waals surface area contributed by atoms with Gasteiger partial charge in [0.05, 0.1) is 18.4 Å². The Morgan fingerprint density at radius 2 is 2.09 bits per heavy atom. The van der Waals surface area contributed by atoms with Crippen LogP contribution in [0.2, 0.25) is 0 Å². The van der Waals surface area contributed by atoms with Crippen LogP contribution in [0, 0.1) is 6.92 Å². The molecule has 1 N–H and O–H groups in total. The molecule has 2 rings (SSSR count). The van der Waals surface area contributed by atoms with Gasteiger partial charge >= 0.3 is 6.16 Å². The molecule has 0 aliphatic rings. The number of hydrogen-bond acceptors (Lipinski definition) is 6. The Labute approximate surface area is 129 Å². The van der Waals surface area contributed by atoms with Gasteiger partial charge in [-0.25, -0.2) is 4.79 Å². The van der Waals surface area contributed by atoms with Gasteiger partial charge < -0.3 is 23.6 Å². The second-order valence-corrected chi connectivity index (χ2v) is 3.77. The third-order valence-electron chi connectivity index (χ3n) is 2.11. The van der Waals surface area contributed by atoms with E-state index >= 15 is 0 Å². The van der Waals surface area contributed by atoms with Crippen LogP contribution in [-0.4, -0.2) is 31.0 Å². The van der Waals surface area contributed by atoms with Crippen molar-refractivity contribution in [3.05, 3.63) is 24.1 Å². The number of aryl methyl sites for hydroxylation is 1. The lowest BCUT2D eigenvalue weighted by Crippen LogP contribution is -2.10. The van der Waals surface area contributed by atoms with Gasteiger partial charge in [-0.15, -0.1) is 0 Å². The maximum atomic E-state index is 10.4. The Balaban J connectivity index is 0.000000363. The van der Waals surface area contributed by atoms with Crippen molar-refractivity contribution >= 4 is 23.7 Å². The van der Waals surface area contributed by atoms with Crippen LogP contribution < -0.4 is 0 Å². The standard InChI is InChI=1S/C7H7NO.C6H10O5.C2H6/c1-5-4-7-6(8-5)2-3-9-7;1-2-3-10-6(8)11-5-9-4-7;1-2/h2-4,8H,1H3;4H,2-3,5H2,1H3;1-2H3. The fourth-order valence-electron chi connectivity index (χ4n) is 1.32. The summed E-state index contributed by atoms with van der Waals surface area (Å²) in [7, 11) is 0. The van der Waals surface area contributed by atoms with E-state index in [0.29, 0.717) is 6.61 Å². The molecule has 2 aromatic rings. The third-order valence-corrected chi connectivity index (χ3v) is 2.11. The van der Waals surface area contributed by atoms with Gasteiger partial charge in [0.1, 0.15) is 0 Å². The summed E-state index contributed by atoms with van der Waals surface area (Å²) in [5.74, 6) is 0. The first-order chi connectivity index (χ1) is 10.7. The summed E-state index contributed by atoms with van der Waals surface area (Å²) in [5, 5.41) is 0. The van der Waals surface area contributed by atoms with Gasteiger partial charge in [0.25, 0.3) is 6.47 Å². The Bertz CT molecular complexity index is 502. The molecule has 2 heterocycles. The van der Waals surface area contributed by atoms with Gasteiger partial charge in [0.2, 0.25) is 6.79 Å². The average molecular weight is 313 g/mol. The third kappa shape index (κ3) is 7.98. The molecule has 0 unspecified atom stereocenters. The Kier molecular flexibility index (Phi) is 10.9. The summed E-state index contributed by atoms with van der Waals surface area (Å²) >= 11 is 0. The van der Waals surface area contributed by atoms with Crippen LogP contribution in [0.25, 0.3) is 11.1 Å². The number of aromatic nitrogens is 1. The molecule has 0 spiro atoms. The molecule has 0 saturated heterocycles. The highest BCUT2D eigenvalue weighted by Crippen LogP contribution is 2.14. The van der Waals surface area contributed by atoms with Crippen LogP contribution in [0.1, 0.15) is 32.9 Å². The first-order valence-corrected chi connectivity index (χ1v) is 7.05. The number of furan rings is 1. The van der Waals surface area contributed by atoms with E-state index in [9.17, 15) is 9.59 Å². The van der Waals surface area contributed by atoms with Gasteiger partial charge in [-0.05, 0) is 13.3 Å². The van der Waals surface area contributed by atoms with Crippen molar-refractivity contribution in [1.82, 2.24) is 4.98 Å². The van der Waals surface area contributed by atoms with E-state index in [0.717, 1.165) is 23.2 Å². The normalized spacial score (nSPS) is 8.91. The number of carbonyl (C=O) groups is 2. The van der Waals surface area contributed by atoms with E-state index in [4.69, 9.17) is 4.42 Å². The minimum absolute atomic E-state index is 0.188. The molecule has 0 saturated carbocycles. The average Bonchev–Trinajstić information content (AvgIpc) is 3.08. The quantitative estimate of drug-likeness (QED) is 0.391. The number of fused-ring (bicyclic) bond motifs is 1.